The maximum atomic E-state index is 13.1. The van der Waals surface area contributed by atoms with Gasteiger partial charge < -0.3 is 4.90 Å². The van der Waals surface area contributed by atoms with Crippen molar-refractivity contribution in [3.8, 4) is 0 Å². The van der Waals surface area contributed by atoms with Crippen LogP contribution in [0.1, 0.15) is 30.1 Å². The summed E-state index contributed by atoms with van der Waals surface area (Å²) in [7, 11) is 1.98. The van der Waals surface area contributed by atoms with Gasteiger partial charge in [-0.2, -0.15) is 0 Å². The molecule has 1 aliphatic rings. The van der Waals surface area contributed by atoms with E-state index in [1.807, 2.05) is 24.2 Å². The standard InChI is InChI=1S/C15H15BrFN3/c1-20(9-11-4-5-12(17)8-13(11)16)14-6-7-18-15(19-14)10-2-3-10/h4-8,10H,2-3,9H2,1H3. The third-order valence-electron chi connectivity index (χ3n) is 3.42. The van der Waals surface area contributed by atoms with Crippen LogP contribution in [0.4, 0.5) is 10.2 Å². The number of benzene rings is 1. The van der Waals surface area contributed by atoms with E-state index >= 15 is 0 Å². The van der Waals surface area contributed by atoms with Crippen LogP contribution in [-0.4, -0.2) is 17.0 Å². The number of halogens is 2. The third-order valence-corrected chi connectivity index (χ3v) is 4.15. The van der Waals surface area contributed by atoms with E-state index < -0.39 is 0 Å². The van der Waals surface area contributed by atoms with Crippen LogP contribution >= 0.6 is 15.9 Å². The van der Waals surface area contributed by atoms with E-state index in [0.717, 1.165) is 21.7 Å². The van der Waals surface area contributed by atoms with E-state index in [9.17, 15) is 4.39 Å². The average molecular weight is 336 g/mol. The van der Waals surface area contributed by atoms with E-state index in [0.29, 0.717) is 12.5 Å². The molecule has 0 radical (unpaired) electrons. The molecule has 1 fully saturated rings. The smallest absolute Gasteiger partial charge is 0.133 e. The second-order valence-electron chi connectivity index (χ2n) is 5.14. The van der Waals surface area contributed by atoms with Gasteiger partial charge in [-0.3, -0.25) is 0 Å². The number of anilines is 1. The van der Waals surface area contributed by atoms with Gasteiger partial charge in [0, 0.05) is 30.2 Å². The molecule has 3 nitrogen and oxygen atoms in total. The first kappa shape index (κ1) is 13.5. The summed E-state index contributed by atoms with van der Waals surface area (Å²) < 4.78 is 13.9. The molecule has 0 atom stereocenters. The summed E-state index contributed by atoms with van der Waals surface area (Å²) in [5, 5.41) is 0. The number of hydrogen-bond donors (Lipinski definition) is 0. The fourth-order valence-corrected chi connectivity index (χ4v) is 2.58. The van der Waals surface area contributed by atoms with Crippen LogP contribution in [0, 0.1) is 5.82 Å². The van der Waals surface area contributed by atoms with Crippen molar-refractivity contribution in [2.75, 3.05) is 11.9 Å². The summed E-state index contributed by atoms with van der Waals surface area (Å²) in [5.41, 5.74) is 1.03. The molecule has 1 aromatic carbocycles. The number of nitrogens with zero attached hydrogens (tertiary/aromatic N) is 3. The van der Waals surface area contributed by atoms with E-state index in [4.69, 9.17) is 0 Å². The van der Waals surface area contributed by atoms with Gasteiger partial charge >= 0.3 is 0 Å². The Morgan fingerprint density at radius 2 is 2.15 bits per heavy atom. The van der Waals surface area contributed by atoms with E-state index in [2.05, 4.69) is 25.9 Å². The van der Waals surface area contributed by atoms with Gasteiger partial charge in [-0.05, 0) is 36.6 Å². The van der Waals surface area contributed by atoms with Gasteiger partial charge in [0.25, 0.3) is 0 Å². The predicted molar refractivity (Wildman–Crippen MR) is 80.2 cm³/mol. The Bertz CT molecular complexity index is 628. The van der Waals surface area contributed by atoms with Crippen molar-refractivity contribution in [2.24, 2.45) is 0 Å². The molecule has 20 heavy (non-hydrogen) atoms. The molecule has 2 aromatic rings. The number of rotatable bonds is 4. The lowest BCUT2D eigenvalue weighted by atomic mass is 10.2. The van der Waals surface area contributed by atoms with Crippen LogP contribution in [0.2, 0.25) is 0 Å². The summed E-state index contributed by atoms with van der Waals surface area (Å²) in [6, 6.07) is 6.66. The van der Waals surface area contributed by atoms with Crippen molar-refractivity contribution in [3.05, 3.63) is 52.1 Å². The Hall–Kier alpha value is -1.49. The maximum Gasteiger partial charge on any atom is 0.133 e. The van der Waals surface area contributed by atoms with Crippen LogP contribution in [0.25, 0.3) is 0 Å². The zero-order valence-electron chi connectivity index (χ0n) is 11.2. The Labute approximate surface area is 126 Å². The van der Waals surface area contributed by atoms with Gasteiger partial charge in [0.1, 0.15) is 17.5 Å². The zero-order chi connectivity index (χ0) is 14.1. The van der Waals surface area contributed by atoms with Crippen LogP contribution in [0.5, 0.6) is 0 Å². The number of aromatic nitrogens is 2. The molecule has 0 saturated heterocycles. The van der Waals surface area contributed by atoms with E-state index in [1.54, 1.807) is 6.07 Å². The Morgan fingerprint density at radius 3 is 2.85 bits per heavy atom. The highest BCUT2D eigenvalue weighted by atomic mass is 79.9. The molecule has 3 rings (SSSR count). The summed E-state index contributed by atoms with van der Waals surface area (Å²) in [6.45, 7) is 0.669. The SMILES string of the molecule is CN(Cc1ccc(F)cc1Br)c1ccnc(C2CC2)n1. The van der Waals surface area contributed by atoms with Crippen molar-refractivity contribution >= 4 is 21.7 Å². The van der Waals surface area contributed by atoms with Crippen LogP contribution in [-0.2, 0) is 6.54 Å². The van der Waals surface area contributed by atoms with Gasteiger partial charge in [-0.1, -0.05) is 22.0 Å². The normalized spacial score (nSPS) is 14.3. The first-order valence-electron chi connectivity index (χ1n) is 6.61. The molecular weight excluding hydrogens is 321 g/mol. The molecule has 0 bridgehead atoms. The van der Waals surface area contributed by atoms with Crippen LogP contribution in [0.15, 0.2) is 34.9 Å². The van der Waals surface area contributed by atoms with Gasteiger partial charge in [0.05, 0.1) is 0 Å². The van der Waals surface area contributed by atoms with Crippen molar-refractivity contribution in [3.63, 3.8) is 0 Å². The minimum absolute atomic E-state index is 0.235. The molecule has 1 aliphatic carbocycles. The summed E-state index contributed by atoms with van der Waals surface area (Å²) >= 11 is 3.40. The molecule has 1 aromatic heterocycles. The molecule has 0 amide bonds. The highest BCUT2D eigenvalue weighted by Gasteiger charge is 2.26. The summed E-state index contributed by atoms with van der Waals surface area (Å²) in [6.07, 6.45) is 4.19. The van der Waals surface area contributed by atoms with Gasteiger partial charge in [-0.15, -0.1) is 0 Å². The minimum Gasteiger partial charge on any atom is -0.355 e. The zero-order valence-corrected chi connectivity index (χ0v) is 12.8. The largest absolute Gasteiger partial charge is 0.355 e. The number of hydrogen-bond acceptors (Lipinski definition) is 3. The third kappa shape index (κ3) is 2.98. The Morgan fingerprint density at radius 1 is 1.35 bits per heavy atom. The van der Waals surface area contributed by atoms with Crippen molar-refractivity contribution in [1.29, 1.82) is 0 Å². The second kappa shape index (κ2) is 5.48. The molecular formula is C15H15BrFN3. The lowest BCUT2D eigenvalue weighted by Gasteiger charge is -2.19. The Balaban J connectivity index is 1.78. The van der Waals surface area contributed by atoms with Crippen molar-refractivity contribution < 1.29 is 4.39 Å². The fraction of sp³-hybridized carbons (Fsp3) is 0.333. The second-order valence-corrected chi connectivity index (χ2v) is 5.99. The topological polar surface area (TPSA) is 29.0 Å². The molecule has 0 aliphatic heterocycles. The monoisotopic (exact) mass is 335 g/mol. The quantitative estimate of drug-likeness (QED) is 0.848. The van der Waals surface area contributed by atoms with Crippen molar-refractivity contribution in [1.82, 2.24) is 9.97 Å². The van der Waals surface area contributed by atoms with Crippen LogP contribution < -0.4 is 4.90 Å². The van der Waals surface area contributed by atoms with Gasteiger partial charge in [0.15, 0.2) is 0 Å². The van der Waals surface area contributed by atoms with E-state index in [1.165, 1.54) is 25.0 Å². The van der Waals surface area contributed by atoms with Gasteiger partial charge in [-0.25, -0.2) is 14.4 Å². The minimum atomic E-state index is -0.235. The first-order valence-corrected chi connectivity index (χ1v) is 7.41. The van der Waals surface area contributed by atoms with Gasteiger partial charge in [0.2, 0.25) is 0 Å². The first-order chi connectivity index (χ1) is 9.63. The highest BCUT2D eigenvalue weighted by Crippen LogP contribution is 2.38. The molecule has 104 valence electrons. The molecule has 1 heterocycles. The lowest BCUT2D eigenvalue weighted by Crippen LogP contribution is -2.18. The van der Waals surface area contributed by atoms with Crippen LogP contribution in [0.3, 0.4) is 0 Å². The fourth-order valence-electron chi connectivity index (χ4n) is 2.10. The summed E-state index contributed by atoms with van der Waals surface area (Å²) in [4.78, 5) is 11.0. The highest BCUT2D eigenvalue weighted by molar-refractivity contribution is 9.10. The molecule has 0 unspecified atom stereocenters. The molecule has 0 spiro atoms. The summed E-state index contributed by atoms with van der Waals surface area (Å²) in [5.74, 6) is 2.15. The average Bonchev–Trinajstić information content (AvgIpc) is 3.26. The lowest BCUT2D eigenvalue weighted by molar-refractivity contribution is 0.625. The Kier molecular flexibility index (Phi) is 3.70. The van der Waals surface area contributed by atoms with Crippen molar-refractivity contribution in [2.45, 2.75) is 25.3 Å². The molecule has 1 saturated carbocycles. The van der Waals surface area contributed by atoms with E-state index in [-0.39, 0.29) is 5.82 Å². The maximum absolute atomic E-state index is 13.1. The molecule has 5 heteroatoms. The molecule has 0 N–H and O–H groups in total. The predicted octanol–water partition coefficient (Wildman–Crippen LogP) is 3.89.